The fourth-order valence-electron chi connectivity index (χ4n) is 3.10. The van der Waals surface area contributed by atoms with Crippen LogP contribution >= 0.6 is 0 Å². The molecule has 4 heteroatoms. The van der Waals surface area contributed by atoms with E-state index < -0.39 is 12.0 Å². The van der Waals surface area contributed by atoms with Crippen molar-refractivity contribution in [3.05, 3.63) is 53.6 Å². The van der Waals surface area contributed by atoms with Gasteiger partial charge in [0, 0.05) is 5.56 Å². The van der Waals surface area contributed by atoms with Crippen LogP contribution in [0.3, 0.4) is 0 Å². The highest BCUT2D eigenvalue weighted by atomic mass is 16.4. The van der Waals surface area contributed by atoms with E-state index in [4.69, 9.17) is 4.98 Å². The number of imidazole rings is 1. The first-order valence-corrected chi connectivity index (χ1v) is 8.17. The maximum atomic E-state index is 11.9. The molecule has 0 aliphatic carbocycles. The van der Waals surface area contributed by atoms with Gasteiger partial charge in [0.1, 0.15) is 11.9 Å². The summed E-state index contributed by atoms with van der Waals surface area (Å²) in [7, 11) is 0. The third-order valence-corrected chi connectivity index (χ3v) is 4.52. The summed E-state index contributed by atoms with van der Waals surface area (Å²) in [6.07, 6.45) is 0. The Hall–Kier alpha value is -2.62. The molecule has 0 saturated carbocycles. The molecule has 3 aromatic rings. The van der Waals surface area contributed by atoms with Gasteiger partial charge in [0.2, 0.25) is 0 Å². The van der Waals surface area contributed by atoms with Crippen molar-refractivity contribution in [2.45, 2.75) is 33.7 Å². The predicted octanol–water partition coefficient (Wildman–Crippen LogP) is 4.60. The van der Waals surface area contributed by atoms with Gasteiger partial charge < -0.3 is 9.67 Å². The second-order valence-electron chi connectivity index (χ2n) is 6.62. The number of aliphatic carboxylic acids is 1. The van der Waals surface area contributed by atoms with Crippen molar-refractivity contribution in [2.75, 3.05) is 0 Å². The van der Waals surface area contributed by atoms with Crippen molar-refractivity contribution in [3.8, 4) is 11.4 Å². The first-order chi connectivity index (χ1) is 11.4. The predicted molar refractivity (Wildman–Crippen MR) is 96.2 cm³/mol. The summed E-state index contributed by atoms with van der Waals surface area (Å²) in [5.41, 5.74) is 4.99. The molecule has 2 aromatic carbocycles. The number of aromatic nitrogens is 2. The monoisotopic (exact) mass is 322 g/mol. The summed E-state index contributed by atoms with van der Waals surface area (Å²) in [4.78, 5) is 16.7. The third kappa shape index (κ3) is 2.68. The lowest BCUT2D eigenvalue weighted by molar-refractivity contribution is -0.142. The molecule has 1 aromatic heterocycles. The molecule has 1 unspecified atom stereocenters. The van der Waals surface area contributed by atoms with Crippen LogP contribution in [0.5, 0.6) is 0 Å². The van der Waals surface area contributed by atoms with E-state index in [1.165, 1.54) is 11.1 Å². The quantitative estimate of drug-likeness (QED) is 0.763. The van der Waals surface area contributed by atoms with Crippen LogP contribution in [0, 0.1) is 19.8 Å². The topological polar surface area (TPSA) is 55.1 Å². The molecule has 1 heterocycles. The van der Waals surface area contributed by atoms with Gasteiger partial charge in [-0.3, -0.25) is 0 Å². The van der Waals surface area contributed by atoms with Crippen LogP contribution in [0.15, 0.2) is 42.5 Å². The second kappa shape index (κ2) is 6.11. The highest BCUT2D eigenvalue weighted by molar-refractivity contribution is 5.84. The Labute approximate surface area is 141 Å². The Kier molecular flexibility index (Phi) is 4.14. The van der Waals surface area contributed by atoms with E-state index in [0.29, 0.717) is 5.82 Å². The molecule has 0 spiro atoms. The van der Waals surface area contributed by atoms with Crippen LogP contribution in [-0.2, 0) is 4.79 Å². The number of rotatable bonds is 4. The van der Waals surface area contributed by atoms with Gasteiger partial charge in [0.05, 0.1) is 11.0 Å². The zero-order chi connectivity index (χ0) is 17.4. The number of nitrogens with zero attached hydrogens (tertiary/aromatic N) is 2. The standard InChI is InChI=1S/C20H22N2O2/c1-12(2)18(20(23)24)22-17-8-6-5-7-16(17)21-19(22)15-10-9-13(3)14(4)11-15/h5-12,18H,1-4H3,(H,23,24). The van der Waals surface area contributed by atoms with E-state index >= 15 is 0 Å². The van der Waals surface area contributed by atoms with Gasteiger partial charge in [-0.1, -0.05) is 38.1 Å². The van der Waals surface area contributed by atoms with Gasteiger partial charge in [-0.25, -0.2) is 9.78 Å². The number of para-hydroxylation sites is 2. The summed E-state index contributed by atoms with van der Waals surface area (Å²) < 4.78 is 1.87. The van der Waals surface area contributed by atoms with Crippen molar-refractivity contribution < 1.29 is 9.90 Å². The highest BCUT2D eigenvalue weighted by Gasteiger charge is 2.28. The molecule has 0 aliphatic rings. The van der Waals surface area contributed by atoms with Crippen LogP contribution in [0.4, 0.5) is 0 Å². The minimum Gasteiger partial charge on any atom is -0.480 e. The Balaban J connectivity index is 2.33. The van der Waals surface area contributed by atoms with Gasteiger partial charge in [0.25, 0.3) is 0 Å². The van der Waals surface area contributed by atoms with Crippen molar-refractivity contribution >= 4 is 17.0 Å². The van der Waals surface area contributed by atoms with Crippen LogP contribution in [0.2, 0.25) is 0 Å². The van der Waals surface area contributed by atoms with Gasteiger partial charge in [0.15, 0.2) is 0 Å². The molecule has 124 valence electrons. The average molecular weight is 322 g/mol. The van der Waals surface area contributed by atoms with Gasteiger partial charge in [-0.2, -0.15) is 0 Å². The maximum Gasteiger partial charge on any atom is 0.327 e. The Morgan fingerprint density at radius 2 is 1.79 bits per heavy atom. The van der Waals surface area contributed by atoms with E-state index in [1.807, 2.05) is 48.7 Å². The second-order valence-corrected chi connectivity index (χ2v) is 6.62. The summed E-state index contributed by atoms with van der Waals surface area (Å²) >= 11 is 0. The Bertz CT molecular complexity index is 909. The molecule has 0 radical (unpaired) electrons. The van der Waals surface area contributed by atoms with Crippen LogP contribution in [0.1, 0.15) is 31.0 Å². The highest BCUT2D eigenvalue weighted by Crippen LogP contribution is 2.32. The summed E-state index contributed by atoms with van der Waals surface area (Å²) in [5, 5.41) is 9.80. The molecule has 1 N–H and O–H groups in total. The van der Waals surface area contributed by atoms with Crippen molar-refractivity contribution in [1.82, 2.24) is 9.55 Å². The fraction of sp³-hybridized carbons (Fsp3) is 0.300. The molecule has 4 nitrogen and oxygen atoms in total. The lowest BCUT2D eigenvalue weighted by Crippen LogP contribution is -2.24. The molecular formula is C20H22N2O2. The normalized spacial score (nSPS) is 12.7. The van der Waals surface area contributed by atoms with E-state index in [-0.39, 0.29) is 5.92 Å². The Morgan fingerprint density at radius 1 is 1.08 bits per heavy atom. The number of carbonyl (C=O) groups is 1. The molecule has 24 heavy (non-hydrogen) atoms. The van der Waals surface area contributed by atoms with Crippen LogP contribution in [-0.4, -0.2) is 20.6 Å². The van der Waals surface area contributed by atoms with E-state index in [1.54, 1.807) is 0 Å². The lowest BCUT2D eigenvalue weighted by atomic mass is 10.0. The zero-order valence-electron chi connectivity index (χ0n) is 14.4. The average Bonchev–Trinajstić information content (AvgIpc) is 2.89. The lowest BCUT2D eigenvalue weighted by Gasteiger charge is -2.21. The van der Waals surface area contributed by atoms with Gasteiger partial charge in [-0.05, 0) is 49.1 Å². The summed E-state index contributed by atoms with van der Waals surface area (Å²) in [5.74, 6) is -0.177. The first kappa shape index (κ1) is 16.2. The minimum atomic E-state index is -0.835. The van der Waals surface area contributed by atoms with E-state index in [0.717, 1.165) is 16.6 Å². The minimum absolute atomic E-state index is 0.0506. The molecule has 1 atom stereocenters. The Morgan fingerprint density at radius 3 is 2.42 bits per heavy atom. The molecule has 3 rings (SSSR count). The number of fused-ring (bicyclic) bond motifs is 1. The van der Waals surface area contributed by atoms with E-state index in [2.05, 4.69) is 26.0 Å². The third-order valence-electron chi connectivity index (χ3n) is 4.52. The van der Waals surface area contributed by atoms with Crippen molar-refractivity contribution in [2.24, 2.45) is 5.92 Å². The van der Waals surface area contributed by atoms with Gasteiger partial charge in [-0.15, -0.1) is 0 Å². The smallest absolute Gasteiger partial charge is 0.327 e. The summed E-state index contributed by atoms with van der Waals surface area (Å²) in [6, 6.07) is 13.2. The van der Waals surface area contributed by atoms with Crippen molar-refractivity contribution in [1.29, 1.82) is 0 Å². The van der Waals surface area contributed by atoms with Crippen LogP contribution < -0.4 is 0 Å². The van der Waals surface area contributed by atoms with Crippen LogP contribution in [0.25, 0.3) is 22.4 Å². The molecule has 0 amide bonds. The molecule has 0 aliphatic heterocycles. The largest absolute Gasteiger partial charge is 0.480 e. The van der Waals surface area contributed by atoms with Crippen molar-refractivity contribution in [3.63, 3.8) is 0 Å². The summed E-state index contributed by atoms with van der Waals surface area (Å²) in [6.45, 7) is 7.98. The SMILES string of the molecule is Cc1ccc(-c2nc3ccccc3n2C(C(=O)O)C(C)C)cc1C. The number of hydrogen-bond donors (Lipinski definition) is 1. The van der Waals surface area contributed by atoms with E-state index in [9.17, 15) is 9.90 Å². The maximum absolute atomic E-state index is 11.9. The molecule has 0 fully saturated rings. The number of carboxylic acid groups (broad SMARTS) is 1. The molecular weight excluding hydrogens is 300 g/mol. The molecule has 0 bridgehead atoms. The number of hydrogen-bond acceptors (Lipinski definition) is 2. The number of carboxylic acids is 1. The first-order valence-electron chi connectivity index (χ1n) is 8.17. The fourth-order valence-corrected chi connectivity index (χ4v) is 3.10. The number of benzene rings is 2. The number of aryl methyl sites for hydroxylation is 2. The zero-order valence-corrected chi connectivity index (χ0v) is 14.4. The molecule has 0 saturated heterocycles. The van der Waals surface area contributed by atoms with Gasteiger partial charge >= 0.3 is 5.97 Å².